The maximum Gasteiger partial charge on any atom is 0.254 e. The summed E-state index contributed by atoms with van der Waals surface area (Å²) >= 11 is 0. The van der Waals surface area contributed by atoms with Crippen LogP contribution < -0.4 is 15.5 Å². The van der Waals surface area contributed by atoms with Gasteiger partial charge in [0.25, 0.3) is 5.91 Å². The summed E-state index contributed by atoms with van der Waals surface area (Å²) in [4.78, 5) is 48.3. The van der Waals surface area contributed by atoms with Crippen molar-refractivity contribution in [2.75, 3.05) is 24.5 Å². The number of piperidine rings is 1. The molecule has 3 amide bonds. The number of nitrogens with one attached hydrogen (secondary N) is 2. The Balaban J connectivity index is 1.06. The number of rotatable bonds is 11. The average Bonchev–Trinajstić information content (AvgIpc) is 3.32. The molecule has 9 heteroatoms. The van der Waals surface area contributed by atoms with E-state index in [4.69, 9.17) is 0 Å². The highest BCUT2D eigenvalue weighted by Crippen LogP contribution is 2.27. The van der Waals surface area contributed by atoms with Gasteiger partial charge in [0, 0.05) is 62.2 Å². The summed E-state index contributed by atoms with van der Waals surface area (Å²) in [6.45, 7) is 8.18. The van der Waals surface area contributed by atoms with Crippen molar-refractivity contribution in [1.29, 1.82) is 0 Å². The second-order valence-electron chi connectivity index (χ2n) is 11.2. The van der Waals surface area contributed by atoms with E-state index < -0.39 is 0 Å². The third-order valence-electron chi connectivity index (χ3n) is 8.19. The second kappa shape index (κ2) is 13.0. The molecule has 9 nitrogen and oxygen atoms in total. The first-order valence-corrected chi connectivity index (χ1v) is 14.4. The van der Waals surface area contributed by atoms with E-state index >= 15 is 0 Å². The lowest BCUT2D eigenvalue weighted by Gasteiger charge is -2.32. The number of amides is 3. The summed E-state index contributed by atoms with van der Waals surface area (Å²) in [7, 11) is 0. The van der Waals surface area contributed by atoms with Crippen molar-refractivity contribution in [2.45, 2.75) is 58.7 Å². The molecule has 0 radical (unpaired) electrons. The topological polar surface area (TPSA) is 108 Å². The van der Waals surface area contributed by atoms with Gasteiger partial charge in [-0.05, 0) is 68.3 Å². The number of aromatic nitrogens is 2. The molecule has 3 heterocycles. The SMILES string of the molecule is Cc1cccc(-c2cnc(N3CCC(CNCc4ccc5c(c4)CN(C(C)CCC(=O)NC=O)C5=O)CC3)nc2)c1. The molecule has 2 aliphatic heterocycles. The van der Waals surface area contributed by atoms with E-state index in [9.17, 15) is 14.4 Å². The van der Waals surface area contributed by atoms with Crippen LogP contribution in [0.25, 0.3) is 11.1 Å². The normalized spacial score (nSPS) is 16.0. The molecule has 1 saturated heterocycles. The lowest BCUT2D eigenvalue weighted by molar-refractivity contribution is -0.125. The Kier molecular flexibility index (Phi) is 9.04. The summed E-state index contributed by atoms with van der Waals surface area (Å²) < 4.78 is 0. The van der Waals surface area contributed by atoms with Crippen molar-refractivity contribution in [3.05, 3.63) is 77.1 Å². The van der Waals surface area contributed by atoms with Crippen LogP contribution in [0.5, 0.6) is 0 Å². The predicted octanol–water partition coefficient (Wildman–Crippen LogP) is 3.86. The Hall–Kier alpha value is -4.11. The molecule has 3 aromatic rings. The molecule has 2 N–H and O–H groups in total. The first-order valence-electron chi connectivity index (χ1n) is 14.4. The zero-order valence-electron chi connectivity index (χ0n) is 23.8. The van der Waals surface area contributed by atoms with Gasteiger partial charge in [-0.25, -0.2) is 9.97 Å². The van der Waals surface area contributed by atoms with Crippen molar-refractivity contribution >= 4 is 24.2 Å². The molecule has 0 aliphatic carbocycles. The van der Waals surface area contributed by atoms with E-state index in [0.717, 1.165) is 72.8 Å². The minimum absolute atomic E-state index is 0.00310. The van der Waals surface area contributed by atoms with Crippen LogP contribution in [-0.2, 0) is 22.7 Å². The van der Waals surface area contributed by atoms with Crippen LogP contribution >= 0.6 is 0 Å². The maximum absolute atomic E-state index is 12.9. The van der Waals surface area contributed by atoms with Gasteiger partial charge >= 0.3 is 0 Å². The van der Waals surface area contributed by atoms with E-state index in [-0.39, 0.29) is 24.3 Å². The molecule has 1 unspecified atom stereocenters. The number of anilines is 1. The molecular weight excluding hydrogens is 516 g/mol. The fourth-order valence-electron chi connectivity index (χ4n) is 5.71. The Morgan fingerprint density at radius 3 is 2.61 bits per heavy atom. The standard InChI is InChI=1S/C32H38N6O3/c1-22-4-3-5-26(14-22)28-18-34-32(35-19-28)37-12-10-24(11-13-37)16-33-17-25-7-8-29-27(15-25)20-38(31(29)41)23(2)6-9-30(40)36-21-39/h3-5,7-8,14-15,18-19,21,23-24,33H,6,9-13,16-17,20H2,1-2H3,(H,36,39,40). The summed E-state index contributed by atoms with van der Waals surface area (Å²) in [5.41, 5.74) is 6.33. The van der Waals surface area contributed by atoms with Gasteiger partial charge < -0.3 is 15.1 Å². The number of hydrogen-bond donors (Lipinski definition) is 2. The zero-order chi connectivity index (χ0) is 28.8. The van der Waals surface area contributed by atoms with E-state index in [0.29, 0.717) is 25.3 Å². The Morgan fingerprint density at radius 2 is 1.88 bits per heavy atom. The molecule has 0 spiro atoms. The molecule has 1 atom stereocenters. The lowest BCUT2D eigenvalue weighted by Crippen LogP contribution is -2.38. The number of benzene rings is 2. The summed E-state index contributed by atoms with van der Waals surface area (Å²) in [6.07, 6.45) is 7.13. The van der Waals surface area contributed by atoms with E-state index in [2.05, 4.69) is 62.8 Å². The molecule has 5 rings (SSSR count). The summed E-state index contributed by atoms with van der Waals surface area (Å²) in [5.74, 6) is 1.08. The Morgan fingerprint density at radius 1 is 1.10 bits per heavy atom. The van der Waals surface area contributed by atoms with Gasteiger partial charge in [0.05, 0.1) is 0 Å². The van der Waals surface area contributed by atoms with Crippen molar-refractivity contribution in [2.24, 2.45) is 5.92 Å². The number of fused-ring (bicyclic) bond motifs is 1. The van der Waals surface area contributed by atoms with Crippen LogP contribution in [0, 0.1) is 12.8 Å². The van der Waals surface area contributed by atoms with Gasteiger partial charge in [-0.1, -0.05) is 42.0 Å². The molecule has 0 bridgehead atoms. The molecule has 1 fully saturated rings. The van der Waals surface area contributed by atoms with Crippen LogP contribution in [0.1, 0.15) is 59.7 Å². The first kappa shape index (κ1) is 28.4. The molecule has 214 valence electrons. The number of carbonyl (C=O) groups is 3. The summed E-state index contributed by atoms with van der Waals surface area (Å²) in [6, 6.07) is 14.4. The highest BCUT2D eigenvalue weighted by atomic mass is 16.2. The number of hydrogen-bond acceptors (Lipinski definition) is 7. The summed E-state index contributed by atoms with van der Waals surface area (Å²) in [5, 5.41) is 5.77. The minimum atomic E-state index is -0.323. The highest BCUT2D eigenvalue weighted by molar-refractivity contribution is 5.98. The van der Waals surface area contributed by atoms with E-state index in [1.54, 1.807) is 0 Å². The molecule has 1 aromatic heterocycles. The molecule has 2 aliphatic rings. The quantitative estimate of drug-likeness (QED) is 0.347. The second-order valence-corrected chi connectivity index (χ2v) is 11.2. The van der Waals surface area contributed by atoms with Crippen LogP contribution in [0.3, 0.4) is 0 Å². The van der Waals surface area contributed by atoms with Gasteiger partial charge in [0.15, 0.2) is 0 Å². The van der Waals surface area contributed by atoms with Gasteiger partial charge in [-0.3, -0.25) is 19.7 Å². The minimum Gasteiger partial charge on any atom is -0.341 e. The highest BCUT2D eigenvalue weighted by Gasteiger charge is 2.31. The maximum atomic E-state index is 12.9. The largest absolute Gasteiger partial charge is 0.341 e. The van der Waals surface area contributed by atoms with Crippen molar-refractivity contribution in [1.82, 2.24) is 25.5 Å². The van der Waals surface area contributed by atoms with Gasteiger partial charge in [0.2, 0.25) is 18.3 Å². The molecule has 2 aromatic carbocycles. The number of nitrogens with zero attached hydrogens (tertiary/aromatic N) is 4. The van der Waals surface area contributed by atoms with Gasteiger partial charge in [-0.15, -0.1) is 0 Å². The van der Waals surface area contributed by atoms with Crippen LogP contribution in [0.15, 0.2) is 54.9 Å². The van der Waals surface area contributed by atoms with Crippen molar-refractivity contribution < 1.29 is 14.4 Å². The molecule has 41 heavy (non-hydrogen) atoms. The smallest absolute Gasteiger partial charge is 0.254 e. The van der Waals surface area contributed by atoms with Gasteiger partial charge in [0.1, 0.15) is 0 Å². The van der Waals surface area contributed by atoms with Crippen LogP contribution in [-0.4, -0.2) is 58.8 Å². The van der Waals surface area contributed by atoms with Crippen molar-refractivity contribution in [3.8, 4) is 11.1 Å². The van der Waals surface area contributed by atoms with Crippen LogP contribution in [0.4, 0.5) is 5.95 Å². The van der Waals surface area contributed by atoms with Crippen molar-refractivity contribution in [3.63, 3.8) is 0 Å². The first-order chi connectivity index (χ1) is 19.9. The molecule has 0 saturated carbocycles. The monoisotopic (exact) mass is 554 g/mol. The van der Waals surface area contributed by atoms with E-state index in [1.165, 1.54) is 5.56 Å². The fourth-order valence-corrected chi connectivity index (χ4v) is 5.71. The zero-order valence-corrected chi connectivity index (χ0v) is 23.8. The van der Waals surface area contributed by atoms with Gasteiger partial charge in [-0.2, -0.15) is 0 Å². The third kappa shape index (κ3) is 6.97. The number of carbonyl (C=O) groups excluding carboxylic acids is 3. The number of imide groups is 1. The fraction of sp³-hybridized carbons (Fsp3) is 0.406. The number of aryl methyl sites for hydroxylation is 1. The predicted molar refractivity (Wildman–Crippen MR) is 158 cm³/mol. The third-order valence-corrected chi connectivity index (χ3v) is 8.19. The van der Waals surface area contributed by atoms with E-state index in [1.807, 2.05) is 36.4 Å². The lowest BCUT2D eigenvalue weighted by atomic mass is 9.97. The molecular formula is C32H38N6O3. The average molecular weight is 555 g/mol. The Bertz CT molecular complexity index is 1380. The Labute approximate surface area is 241 Å². The van der Waals surface area contributed by atoms with Crippen LogP contribution in [0.2, 0.25) is 0 Å².